The average molecular weight is 431 g/mol. The van der Waals surface area contributed by atoms with Crippen LogP contribution in [0.25, 0.3) is 21.8 Å². The van der Waals surface area contributed by atoms with Gasteiger partial charge in [0, 0.05) is 18.7 Å². The normalized spacial score (nSPS) is 18.2. The van der Waals surface area contributed by atoms with Crippen molar-refractivity contribution in [1.29, 1.82) is 0 Å². The fourth-order valence-electron chi connectivity index (χ4n) is 4.32. The first-order chi connectivity index (χ1) is 14.6. The first-order valence-corrected chi connectivity index (χ1v) is 9.65. The highest BCUT2D eigenvalue weighted by Crippen LogP contribution is 2.50. The molecule has 1 aliphatic rings. The smallest absolute Gasteiger partial charge is 0.201 e. The van der Waals surface area contributed by atoms with Gasteiger partial charge in [-0.2, -0.15) is 0 Å². The SMILES string of the molecule is COc1cc(O)c2c(=O)c3cc4c(c(OC)c3n(C)c2c1OC)OC(C(C)(C)O)C4O. The monoisotopic (exact) mass is 431 g/mol. The molecule has 2 atom stereocenters. The minimum Gasteiger partial charge on any atom is -0.507 e. The van der Waals surface area contributed by atoms with Gasteiger partial charge in [0.1, 0.15) is 17.4 Å². The number of ether oxygens (including phenoxy) is 4. The molecule has 2 unspecified atom stereocenters. The highest BCUT2D eigenvalue weighted by Gasteiger charge is 2.45. The van der Waals surface area contributed by atoms with Crippen LogP contribution in [0, 0.1) is 0 Å². The molecule has 0 radical (unpaired) electrons. The number of pyridine rings is 1. The molecule has 0 saturated heterocycles. The van der Waals surface area contributed by atoms with Gasteiger partial charge in [-0.15, -0.1) is 0 Å². The number of aliphatic hydroxyl groups excluding tert-OH is 1. The van der Waals surface area contributed by atoms with E-state index in [-0.39, 0.29) is 39.5 Å². The van der Waals surface area contributed by atoms with Crippen molar-refractivity contribution in [3.05, 3.63) is 27.9 Å². The van der Waals surface area contributed by atoms with Gasteiger partial charge in [0.25, 0.3) is 0 Å². The molecule has 0 spiro atoms. The number of aromatic hydroxyl groups is 1. The number of rotatable bonds is 4. The number of methoxy groups -OCH3 is 3. The summed E-state index contributed by atoms with van der Waals surface area (Å²) in [5.41, 5.74) is -0.798. The van der Waals surface area contributed by atoms with E-state index in [1.807, 2.05) is 0 Å². The van der Waals surface area contributed by atoms with Crippen molar-refractivity contribution in [2.75, 3.05) is 21.3 Å². The Balaban J connectivity index is 2.20. The van der Waals surface area contributed by atoms with E-state index in [9.17, 15) is 20.1 Å². The van der Waals surface area contributed by atoms with Crippen LogP contribution in [0.1, 0.15) is 25.5 Å². The van der Waals surface area contributed by atoms with Gasteiger partial charge in [0.2, 0.25) is 5.43 Å². The van der Waals surface area contributed by atoms with Crippen molar-refractivity contribution in [3.8, 4) is 28.7 Å². The van der Waals surface area contributed by atoms with Gasteiger partial charge in [0.15, 0.2) is 29.1 Å². The van der Waals surface area contributed by atoms with E-state index in [2.05, 4.69) is 0 Å². The molecule has 0 bridgehead atoms. The lowest BCUT2D eigenvalue weighted by Gasteiger charge is -2.27. The molecule has 9 nitrogen and oxygen atoms in total. The van der Waals surface area contributed by atoms with Gasteiger partial charge in [0.05, 0.1) is 43.2 Å². The Kier molecular flexibility index (Phi) is 4.71. The summed E-state index contributed by atoms with van der Waals surface area (Å²) >= 11 is 0. The number of hydrogen-bond donors (Lipinski definition) is 3. The van der Waals surface area contributed by atoms with Crippen molar-refractivity contribution in [1.82, 2.24) is 4.57 Å². The molecule has 9 heteroatoms. The van der Waals surface area contributed by atoms with Crippen LogP contribution in [0.5, 0.6) is 28.7 Å². The summed E-state index contributed by atoms with van der Waals surface area (Å²) in [6.45, 7) is 3.06. The molecular weight excluding hydrogens is 406 g/mol. The Morgan fingerprint density at radius 3 is 2.26 bits per heavy atom. The average Bonchev–Trinajstić information content (AvgIpc) is 3.06. The molecule has 2 heterocycles. The molecule has 166 valence electrons. The van der Waals surface area contributed by atoms with Crippen molar-refractivity contribution in [2.45, 2.75) is 31.7 Å². The van der Waals surface area contributed by atoms with Crippen LogP contribution < -0.4 is 24.4 Å². The quantitative estimate of drug-likeness (QED) is 0.537. The van der Waals surface area contributed by atoms with Crippen LogP contribution in [0.4, 0.5) is 0 Å². The van der Waals surface area contributed by atoms with Crippen LogP contribution in [-0.2, 0) is 7.05 Å². The van der Waals surface area contributed by atoms with Crippen molar-refractivity contribution in [2.24, 2.45) is 7.05 Å². The standard InChI is InChI=1S/C22H25NO8/c1-22(2,27)21-17(26)10-7-9-14(20(30-6)18(10)31-21)23(3)15-13(16(9)25)11(24)8-12(28-4)19(15)29-5/h7-8,17,21,24,26-27H,1-6H3. The summed E-state index contributed by atoms with van der Waals surface area (Å²) in [6, 6.07) is 2.84. The predicted molar refractivity (Wildman–Crippen MR) is 114 cm³/mol. The number of aromatic nitrogens is 1. The summed E-state index contributed by atoms with van der Waals surface area (Å²) < 4.78 is 24.0. The second-order valence-corrected chi connectivity index (χ2v) is 8.10. The summed E-state index contributed by atoms with van der Waals surface area (Å²) in [6.07, 6.45) is -2.13. The Labute approximate surface area is 178 Å². The number of hydrogen-bond acceptors (Lipinski definition) is 8. The van der Waals surface area contributed by atoms with E-state index in [0.29, 0.717) is 16.6 Å². The molecular formula is C22H25NO8. The van der Waals surface area contributed by atoms with Crippen LogP contribution in [0.15, 0.2) is 16.9 Å². The Morgan fingerprint density at radius 2 is 1.71 bits per heavy atom. The summed E-state index contributed by atoms with van der Waals surface area (Å²) in [5.74, 6) is 0.741. The topological polar surface area (TPSA) is 120 Å². The Morgan fingerprint density at radius 1 is 1.06 bits per heavy atom. The Hall–Kier alpha value is -3.17. The van der Waals surface area contributed by atoms with Crippen molar-refractivity contribution >= 4 is 21.8 Å². The fourth-order valence-corrected chi connectivity index (χ4v) is 4.32. The molecule has 3 N–H and O–H groups in total. The molecule has 0 aliphatic carbocycles. The molecule has 0 saturated carbocycles. The lowest BCUT2D eigenvalue weighted by molar-refractivity contribution is -0.0766. The fraction of sp³-hybridized carbons (Fsp3) is 0.409. The van der Waals surface area contributed by atoms with E-state index in [1.54, 1.807) is 11.6 Å². The van der Waals surface area contributed by atoms with E-state index in [0.717, 1.165) is 0 Å². The zero-order valence-corrected chi connectivity index (χ0v) is 18.1. The molecule has 3 aromatic rings. The van der Waals surface area contributed by atoms with Crippen molar-refractivity contribution < 1.29 is 34.3 Å². The number of benzene rings is 2. The molecule has 1 aliphatic heterocycles. The maximum absolute atomic E-state index is 13.5. The molecule has 31 heavy (non-hydrogen) atoms. The second-order valence-electron chi connectivity index (χ2n) is 8.10. The summed E-state index contributed by atoms with van der Waals surface area (Å²) in [4.78, 5) is 13.5. The summed E-state index contributed by atoms with van der Waals surface area (Å²) in [7, 11) is 5.99. The number of fused-ring (bicyclic) bond motifs is 3. The van der Waals surface area contributed by atoms with E-state index in [1.165, 1.54) is 47.3 Å². The van der Waals surface area contributed by atoms with Crippen molar-refractivity contribution in [3.63, 3.8) is 0 Å². The lowest BCUT2D eigenvalue weighted by Crippen LogP contribution is -2.41. The number of phenols is 1. The molecule has 0 fully saturated rings. The Bertz CT molecular complexity index is 1270. The highest BCUT2D eigenvalue weighted by molar-refractivity contribution is 6.03. The zero-order valence-electron chi connectivity index (χ0n) is 18.1. The summed E-state index contributed by atoms with van der Waals surface area (Å²) in [5, 5.41) is 32.1. The predicted octanol–water partition coefficient (Wildman–Crippen LogP) is 1.99. The number of nitrogens with zero attached hydrogens (tertiary/aromatic N) is 1. The van der Waals surface area contributed by atoms with Crippen LogP contribution >= 0.6 is 0 Å². The first-order valence-electron chi connectivity index (χ1n) is 9.65. The number of aryl methyl sites for hydroxylation is 1. The third kappa shape index (κ3) is 2.80. The minimum atomic E-state index is -1.35. The molecule has 1 aromatic heterocycles. The maximum atomic E-state index is 13.5. The number of aliphatic hydroxyl groups is 2. The molecule has 4 rings (SSSR count). The zero-order chi connectivity index (χ0) is 22.8. The van der Waals surface area contributed by atoms with Gasteiger partial charge < -0.3 is 38.8 Å². The largest absolute Gasteiger partial charge is 0.507 e. The highest BCUT2D eigenvalue weighted by atomic mass is 16.5. The first kappa shape index (κ1) is 21.1. The third-order valence-electron chi connectivity index (χ3n) is 5.76. The second kappa shape index (κ2) is 6.93. The van der Waals surface area contributed by atoms with Crippen LogP contribution in [0.3, 0.4) is 0 Å². The van der Waals surface area contributed by atoms with Gasteiger partial charge in [-0.1, -0.05) is 0 Å². The number of phenolic OH excluding ortho intramolecular Hbond substituents is 1. The van der Waals surface area contributed by atoms with E-state index >= 15 is 0 Å². The van der Waals surface area contributed by atoms with Gasteiger partial charge in [-0.05, 0) is 19.9 Å². The van der Waals surface area contributed by atoms with Gasteiger partial charge >= 0.3 is 0 Å². The maximum Gasteiger partial charge on any atom is 0.201 e. The van der Waals surface area contributed by atoms with Crippen LogP contribution in [-0.4, -0.2) is 52.9 Å². The van der Waals surface area contributed by atoms with E-state index < -0.39 is 23.2 Å². The minimum absolute atomic E-state index is 0.0436. The van der Waals surface area contributed by atoms with Gasteiger partial charge in [-0.3, -0.25) is 4.79 Å². The van der Waals surface area contributed by atoms with Gasteiger partial charge in [-0.25, -0.2) is 0 Å². The third-order valence-corrected chi connectivity index (χ3v) is 5.76. The van der Waals surface area contributed by atoms with E-state index in [4.69, 9.17) is 18.9 Å². The molecule has 2 aromatic carbocycles. The molecule has 0 amide bonds. The van der Waals surface area contributed by atoms with Crippen LogP contribution in [0.2, 0.25) is 0 Å². The lowest BCUT2D eigenvalue weighted by atomic mass is 9.93.